The summed E-state index contributed by atoms with van der Waals surface area (Å²) in [4.78, 5) is 19.1. The normalized spacial score (nSPS) is 17.4. The van der Waals surface area contributed by atoms with Crippen molar-refractivity contribution in [1.82, 2.24) is 19.5 Å². The van der Waals surface area contributed by atoms with Gasteiger partial charge in [-0.05, 0) is 38.0 Å². The summed E-state index contributed by atoms with van der Waals surface area (Å²) in [5.74, 6) is -0.276. The Balaban J connectivity index is 1.59. The van der Waals surface area contributed by atoms with Crippen molar-refractivity contribution >= 4 is 11.6 Å². The molecule has 0 bridgehead atoms. The molecule has 0 unspecified atom stereocenters. The Morgan fingerprint density at radius 3 is 2.84 bits per heavy atom. The number of hydrogen-bond donors (Lipinski definition) is 0. The Kier molecular flexibility index (Phi) is 3.75. The molecule has 6 heteroatoms. The number of aryl methyl sites for hydroxylation is 2. The molecule has 4 rings (SSSR count). The summed E-state index contributed by atoms with van der Waals surface area (Å²) in [5.41, 5.74) is 3.50. The lowest BCUT2D eigenvalue weighted by Gasteiger charge is -2.17. The average molecular weight is 338 g/mol. The van der Waals surface area contributed by atoms with Gasteiger partial charge in [0.25, 0.3) is 5.91 Å². The van der Waals surface area contributed by atoms with E-state index in [-0.39, 0.29) is 17.6 Å². The molecule has 3 aromatic rings. The molecule has 1 atom stereocenters. The lowest BCUT2D eigenvalue weighted by Crippen LogP contribution is -2.29. The zero-order valence-electron chi connectivity index (χ0n) is 14.2. The minimum Gasteiger partial charge on any atom is -0.337 e. The molecule has 2 aromatic heterocycles. The summed E-state index contributed by atoms with van der Waals surface area (Å²) < 4.78 is 15.7. The SMILES string of the molecule is Cc1cc2nc(C(=O)N3CC[C@H](c4ccccc4F)C3)cc(C)n2n1. The van der Waals surface area contributed by atoms with Gasteiger partial charge in [-0.2, -0.15) is 5.10 Å². The number of benzene rings is 1. The highest BCUT2D eigenvalue weighted by Crippen LogP contribution is 2.29. The molecule has 1 aliphatic heterocycles. The largest absolute Gasteiger partial charge is 0.337 e. The van der Waals surface area contributed by atoms with Crippen LogP contribution in [0.4, 0.5) is 4.39 Å². The van der Waals surface area contributed by atoms with Gasteiger partial charge in [0, 0.05) is 30.8 Å². The van der Waals surface area contributed by atoms with E-state index in [2.05, 4.69) is 10.1 Å². The van der Waals surface area contributed by atoms with Crippen LogP contribution in [-0.4, -0.2) is 38.5 Å². The molecular formula is C19H19FN4O. The number of fused-ring (bicyclic) bond motifs is 1. The molecule has 1 aromatic carbocycles. The first-order valence-electron chi connectivity index (χ1n) is 8.40. The molecule has 0 saturated carbocycles. The van der Waals surface area contributed by atoms with Crippen LogP contribution in [-0.2, 0) is 0 Å². The maximum absolute atomic E-state index is 14.0. The summed E-state index contributed by atoms with van der Waals surface area (Å²) in [5, 5.41) is 4.36. The first kappa shape index (κ1) is 15.7. The fourth-order valence-corrected chi connectivity index (χ4v) is 3.52. The maximum atomic E-state index is 14.0. The average Bonchev–Trinajstić information content (AvgIpc) is 3.21. The number of carbonyl (C=O) groups excluding carboxylic acids is 1. The van der Waals surface area contributed by atoms with Crippen LogP contribution in [0.15, 0.2) is 36.4 Å². The lowest BCUT2D eigenvalue weighted by molar-refractivity contribution is 0.0785. The topological polar surface area (TPSA) is 50.5 Å². The number of halogens is 1. The Hall–Kier alpha value is -2.76. The van der Waals surface area contributed by atoms with Gasteiger partial charge in [0.05, 0.1) is 5.69 Å². The number of hydrogen-bond acceptors (Lipinski definition) is 3. The van der Waals surface area contributed by atoms with Gasteiger partial charge in [-0.25, -0.2) is 13.9 Å². The van der Waals surface area contributed by atoms with Crippen molar-refractivity contribution < 1.29 is 9.18 Å². The van der Waals surface area contributed by atoms with Crippen molar-refractivity contribution in [2.24, 2.45) is 0 Å². The van der Waals surface area contributed by atoms with Gasteiger partial charge in [0.15, 0.2) is 5.65 Å². The van der Waals surface area contributed by atoms with Crippen molar-refractivity contribution in [3.05, 3.63) is 64.9 Å². The smallest absolute Gasteiger partial charge is 0.272 e. The third-order valence-corrected chi connectivity index (χ3v) is 4.77. The van der Waals surface area contributed by atoms with Gasteiger partial charge in [0.2, 0.25) is 0 Å². The number of nitrogens with zero attached hydrogens (tertiary/aromatic N) is 4. The number of carbonyl (C=O) groups is 1. The van der Waals surface area contributed by atoms with Gasteiger partial charge in [-0.3, -0.25) is 4.79 Å². The van der Waals surface area contributed by atoms with Crippen LogP contribution in [0.1, 0.15) is 39.8 Å². The van der Waals surface area contributed by atoms with Gasteiger partial charge in [-0.1, -0.05) is 18.2 Å². The minimum atomic E-state index is -0.202. The number of rotatable bonds is 2. The zero-order valence-corrected chi connectivity index (χ0v) is 14.2. The predicted octanol–water partition coefficient (Wildman–Crippen LogP) is 3.11. The molecule has 25 heavy (non-hydrogen) atoms. The van der Waals surface area contributed by atoms with Crippen LogP contribution in [0.5, 0.6) is 0 Å². The standard InChI is InChI=1S/C19H19FN4O/c1-12-9-18-21-17(10-13(2)24(18)22-12)19(25)23-8-7-14(11-23)15-5-3-4-6-16(15)20/h3-6,9-10,14H,7-8,11H2,1-2H3/t14-/m0/s1. The monoisotopic (exact) mass is 338 g/mol. The number of likely N-dealkylation sites (tertiary alicyclic amines) is 1. The molecule has 1 aliphatic rings. The lowest BCUT2D eigenvalue weighted by atomic mass is 9.98. The molecule has 1 saturated heterocycles. The van der Waals surface area contributed by atoms with Gasteiger partial charge in [0.1, 0.15) is 11.5 Å². The van der Waals surface area contributed by atoms with E-state index >= 15 is 0 Å². The second-order valence-corrected chi connectivity index (χ2v) is 6.60. The maximum Gasteiger partial charge on any atom is 0.272 e. The highest BCUT2D eigenvalue weighted by Gasteiger charge is 2.30. The fraction of sp³-hybridized carbons (Fsp3) is 0.316. The first-order valence-corrected chi connectivity index (χ1v) is 8.40. The molecule has 0 aliphatic carbocycles. The second kappa shape index (κ2) is 5.95. The zero-order chi connectivity index (χ0) is 17.6. The molecule has 0 radical (unpaired) electrons. The summed E-state index contributed by atoms with van der Waals surface area (Å²) in [6, 6.07) is 10.4. The minimum absolute atomic E-state index is 0.0344. The highest BCUT2D eigenvalue weighted by atomic mass is 19.1. The third kappa shape index (κ3) is 2.77. The quantitative estimate of drug-likeness (QED) is 0.721. The van der Waals surface area contributed by atoms with Gasteiger partial charge < -0.3 is 4.90 Å². The number of amides is 1. The van der Waals surface area contributed by atoms with Crippen molar-refractivity contribution in [1.29, 1.82) is 0 Å². The van der Waals surface area contributed by atoms with Gasteiger partial charge in [-0.15, -0.1) is 0 Å². The van der Waals surface area contributed by atoms with Crippen molar-refractivity contribution in [2.75, 3.05) is 13.1 Å². The van der Waals surface area contributed by atoms with Crippen molar-refractivity contribution in [2.45, 2.75) is 26.2 Å². The molecule has 5 nitrogen and oxygen atoms in total. The molecule has 1 amide bonds. The predicted molar refractivity (Wildman–Crippen MR) is 92.1 cm³/mol. The molecule has 128 valence electrons. The van der Waals surface area contributed by atoms with E-state index < -0.39 is 0 Å². The Morgan fingerprint density at radius 2 is 2.04 bits per heavy atom. The Bertz CT molecular complexity index is 965. The molecular weight excluding hydrogens is 319 g/mol. The first-order chi connectivity index (χ1) is 12.0. The fourth-order valence-electron chi connectivity index (χ4n) is 3.52. The van der Waals surface area contributed by atoms with E-state index in [1.54, 1.807) is 27.6 Å². The molecule has 0 N–H and O–H groups in total. The highest BCUT2D eigenvalue weighted by molar-refractivity contribution is 5.93. The van der Waals surface area contributed by atoms with E-state index in [4.69, 9.17) is 0 Å². The van der Waals surface area contributed by atoms with E-state index in [0.29, 0.717) is 30.0 Å². The summed E-state index contributed by atoms with van der Waals surface area (Å²) >= 11 is 0. The summed E-state index contributed by atoms with van der Waals surface area (Å²) in [7, 11) is 0. The van der Waals surface area contributed by atoms with E-state index in [9.17, 15) is 9.18 Å². The van der Waals surface area contributed by atoms with Crippen LogP contribution >= 0.6 is 0 Å². The third-order valence-electron chi connectivity index (χ3n) is 4.77. The molecule has 3 heterocycles. The summed E-state index contributed by atoms with van der Waals surface area (Å²) in [6.07, 6.45) is 0.764. The van der Waals surface area contributed by atoms with E-state index in [0.717, 1.165) is 17.8 Å². The summed E-state index contributed by atoms with van der Waals surface area (Å²) in [6.45, 7) is 4.94. The van der Waals surface area contributed by atoms with Crippen LogP contribution in [0.2, 0.25) is 0 Å². The van der Waals surface area contributed by atoms with E-state index in [1.807, 2.05) is 26.0 Å². The van der Waals surface area contributed by atoms with Crippen LogP contribution in [0.25, 0.3) is 5.65 Å². The van der Waals surface area contributed by atoms with Crippen LogP contribution in [0, 0.1) is 19.7 Å². The molecule has 1 fully saturated rings. The molecule has 0 spiro atoms. The van der Waals surface area contributed by atoms with Crippen LogP contribution < -0.4 is 0 Å². The van der Waals surface area contributed by atoms with E-state index in [1.165, 1.54) is 6.07 Å². The second-order valence-electron chi connectivity index (χ2n) is 6.60. The van der Waals surface area contributed by atoms with Crippen molar-refractivity contribution in [3.8, 4) is 0 Å². The van der Waals surface area contributed by atoms with Gasteiger partial charge >= 0.3 is 0 Å². The Morgan fingerprint density at radius 1 is 1.24 bits per heavy atom. The van der Waals surface area contributed by atoms with Crippen LogP contribution in [0.3, 0.4) is 0 Å². The Labute approximate surface area is 145 Å². The number of aromatic nitrogens is 3. The van der Waals surface area contributed by atoms with Crippen molar-refractivity contribution in [3.63, 3.8) is 0 Å².